The van der Waals surface area contributed by atoms with E-state index in [1.807, 2.05) is 0 Å². The van der Waals surface area contributed by atoms with Crippen LogP contribution in [0.1, 0.15) is 52.5 Å². The largest absolute Gasteiger partial charge is 0.573 e. The van der Waals surface area contributed by atoms with Gasteiger partial charge in [-0.05, 0) is 64.7 Å². The standard InChI is InChI=1S/C20H27F3O5/c1-13(2)26-18(24)12-16(19(25)27-14(3)4)7-5-6-15-8-10-17(11-9-15)28-20(21,22)23/h8-11,13-14,16H,5-7,12H2,1-4H3/t16-/m1/s1. The van der Waals surface area contributed by atoms with Gasteiger partial charge in [-0.1, -0.05) is 12.1 Å². The smallest absolute Gasteiger partial charge is 0.463 e. The maximum absolute atomic E-state index is 12.2. The van der Waals surface area contributed by atoms with E-state index in [-0.39, 0.29) is 24.4 Å². The summed E-state index contributed by atoms with van der Waals surface area (Å²) >= 11 is 0. The van der Waals surface area contributed by atoms with Gasteiger partial charge in [0.1, 0.15) is 5.75 Å². The number of aryl methyl sites for hydroxylation is 1. The van der Waals surface area contributed by atoms with E-state index in [4.69, 9.17) is 9.47 Å². The molecule has 1 atom stereocenters. The topological polar surface area (TPSA) is 61.8 Å². The lowest BCUT2D eigenvalue weighted by molar-refractivity contribution is -0.274. The molecule has 158 valence electrons. The summed E-state index contributed by atoms with van der Waals surface area (Å²) in [6.45, 7) is 6.91. The SMILES string of the molecule is CC(C)OC(=O)C[C@@H](CCCc1ccc(OC(F)(F)F)cc1)C(=O)OC(C)C. The summed E-state index contributed by atoms with van der Waals surface area (Å²) in [5.74, 6) is -1.83. The van der Waals surface area contributed by atoms with E-state index in [0.717, 1.165) is 5.56 Å². The number of halogens is 3. The van der Waals surface area contributed by atoms with Crippen molar-refractivity contribution in [2.24, 2.45) is 5.92 Å². The quantitative estimate of drug-likeness (QED) is 0.524. The number of benzene rings is 1. The lowest BCUT2D eigenvalue weighted by atomic mass is 9.96. The van der Waals surface area contributed by atoms with Gasteiger partial charge in [0.2, 0.25) is 0 Å². The van der Waals surface area contributed by atoms with Crippen LogP contribution in [0.15, 0.2) is 24.3 Å². The number of alkyl halides is 3. The van der Waals surface area contributed by atoms with Gasteiger partial charge >= 0.3 is 18.3 Å². The van der Waals surface area contributed by atoms with Gasteiger partial charge in [-0.25, -0.2) is 0 Å². The van der Waals surface area contributed by atoms with Crippen LogP contribution in [0.2, 0.25) is 0 Å². The Labute approximate surface area is 163 Å². The van der Waals surface area contributed by atoms with Gasteiger partial charge in [-0.15, -0.1) is 13.2 Å². The second kappa shape index (κ2) is 10.9. The molecule has 0 unspecified atom stereocenters. The highest BCUT2D eigenvalue weighted by molar-refractivity contribution is 5.80. The zero-order valence-electron chi connectivity index (χ0n) is 16.5. The first-order valence-electron chi connectivity index (χ1n) is 9.21. The zero-order valence-corrected chi connectivity index (χ0v) is 16.5. The summed E-state index contributed by atoms with van der Waals surface area (Å²) in [6, 6.07) is 5.56. The molecule has 0 aromatic heterocycles. The van der Waals surface area contributed by atoms with E-state index < -0.39 is 24.2 Å². The Hall–Kier alpha value is -2.25. The van der Waals surface area contributed by atoms with E-state index >= 15 is 0 Å². The fourth-order valence-electron chi connectivity index (χ4n) is 2.55. The molecule has 0 saturated heterocycles. The van der Waals surface area contributed by atoms with Gasteiger partial charge in [0.05, 0.1) is 24.5 Å². The van der Waals surface area contributed by atoms with Crippen LogP contribution in [0.3, 0.4) is 0 Å². The van der Waals surface area contributed by atoms with E-state index in [1.54, 1.807) is 27.7 Å². The Balaban J connectivity index is 2.61. The van der Waals surface area contributed by atoms with Crippen LogP contribution in [-0.2, 0) is 25.5 Å². The average molecular weight is 404 g/mol. The van der Waals surface area contributed by atoms with E-state index in [9.17, 15) is 22.8 Å². The molecule has 5 nitrogen and oxygen atoms in total. The zero-order chi connectivity index (χ0) is 21.3. The maximum Gasteiger partial charge on any atom is 0.573 e. The van der Waals surface area contributed by atoms with Crippen molar-refractivity contribution in [3.05, 3.63) is 29.8 Å². The first-order valence-corrected chi connectivity index (χ1v) is 9.21. The minimum absolute atomic E-state index is 0.0674. The van der Waals surface area contributed by atoms with Crippen LogP contribution in [0.5, 0.6) is 5.75 Å². The van der Waals surface area contributed by atoms with Crippen molar-refractivity contribution in [3.8, 4) is 5.75 Å². The molecule has 0 spiro atoms. The van der Waals surface area contributed by atoms with Crippen LogP contribution < -0.4 is 4.74 Å². The summed E-state index contributed by atoms with van der Waals surface area (Å²) in [5.41, 5.74) is 0.801. The highest BCUT2D eigenvalue weighted by Crippen LogP contribution is 2.24. The van der Waals surface area contributed by atoms with Crippen LogP contribution in [0.25, 0.3) is 0 Å². The van der Waals surface area contributed by atoms with Crippen LogP contribution in [0.4, 0.5) is 13.2 Å². The molecule has 0 aliphatic carbocycles. The van der Waals surface area contributed by atoms with Crippen molar-refractivity contribution in [3.63, 3.8) is 0 Å². The molecule has 0 fully saturated rings. The summed E-state index contributed by atoms with van der Waals surface area (Å²) in [5, 5.41) is 0. The van der Waals surface area contributed by atoms with Gasteiger partial charge in [-0.3, -0.25) is 9.59 Å². The number of esters is 2. The summed E-state index contributed by atoms with van der Waals surface area (Å²) < 4.78 is 50.7. The summed E-state index contributed by atoms with van der Waals surface area (Å²) in [6.07, 6.45) is -3.86. The minimum Gasteiger partial charge on any atom is -0.463 e. The Morgan fingerprint density at radius 2 is 1.54 bits per heavy atom. The van der Waals surface area contributed by atoms with Crippen molar-refractivity contribution in [2.45, 2.75) is 71.9 Å². The second-order valence-corrected chi connectivity index (χ2v) is 7.01. The van der Waals surface area contributed by atoms with E-state index in [1.165, 1.54) is 24.3 Å². The molecule has 0 amide bonds. The summed E-state index contributed by atoms with van der Waals surface area (Å²) in [4.78, 5) is 24.1. The van der Waals surface area contributed by atoms with Crippen molar-refractivity contribution in [1.82, 2.24) is 0 Å². The van der Waals surface area contributed by atoms with E-state index in [2.05, 4.69) is 4.74 Å². The van der Waals surface area contributed by atoms with Crippen LogP contribution in [-0.4, -0.2) is 30.5 Å². The fourth-order valence-corrected chi connectivity index (χ4v) is 2.55. The first kappa shape index (κ1) is 23.8. The molecule has 0 aliphatic rings. The number of carbonyl (C=O) groups is 2. The molecule has 1 rings (SSSR count). The fraction of sp³-hybridized carbons (Fsp3) is 0.600. The lowest BCUT2D eigenvalue weighted by Crippen LogP contribution is -2.25. The van der Waals surface area contributed by atoms with Crippen LogP contribution in [0, 0.1) is 5.92 Å². The Morgan fingerprint density at radius 1 is 0.964 bits per heavy atom. The number of hydrogen-bond acceptors (Lipinski definition) is 5. The van der Waals surface area contributed by atoms with Crippen molar-refractivity contribution in [1.29, 1.82) is 0 Å². The molecule has 0 radical (unpaired) electrons. The van der Waals surface area contributed by atoms with Gasteiger partial charge in [0.15, 0.2) is 0 Å². The van der Waals surface area contributed by atoms with Crippen molar-refractivity contribution < 1.29 is 37.0 Å². The number of hydrogen-bond donors (Lipinski definition) is 0. The monoisotopic (exact) mass is 404 g/mol. The van der Waals surface area contributed by atoms with Gasteiger partial charge in [0, 0.05) is 0 Å². The predicted octanol–water partition coefficient (Wildman–Crippen LogP) is 4.82. The molecule has 1 aromatic carbocycles. The number of ether oxygens (including phenoxy) is 3. The molecule has 0 N–H and O–H groups in total. The average Bonchev–Trinajstić information content (AvgIpc) is 2.52. The Morgan fingerprint density at radius 3 is 2.04 bits per heavy atom. The van der Waals surface area contributed by atoms with Gasteiger partial charge < -0.3 is 14.2 Å². The van der Waals surface area contributed by atoms with Crippen LogP contribution >= 0.6 is 0 Å². The normalized spacial score (nSPS) is 12.8. The molecule has 28 heavy (non-hydrogen) atoms. The third kappa shape index (κ3) is 10.2. The molecule has 1 aromatic rings. The Bertz CT molecular complexity index is 624. The summed E-state index contributed by atoms with van der Waals surface area (Å²) in [7, 11) is 0. The molecule has 0 saturated carbocycles. The molecule has 0 aliphatic heterocycles. The maximum atomic E-state index is 12.2. The third-order valence-corrected chi connectivity index (χ3v) is 3.64. The highest BCUT2D eigenvalue weighted by atomic mass is 19.4. The number of carbonyl (C=O) groups excluding carboxylic acids is 2. The molecular weight excluding hydrogens is 377 g/mol. The number of rotatable bonds is 10. The predicted molar refractivity (Wildman–Crippen MR) is 96.6 cm³/mol. The van der Waals surface area contributed by atoms with Crippen molar-refractivity contribution >= 4 is 11.9 Å². The van der Waals surface area contributed by atoms with Gasteiger partial charge in [0.25, 0.3) is 0 Å². The third-order valence-electron chi connectivity index (χ3n) is 3.64. The molecule has 8 heteroatoms. The van der Waals surface area contributed by atoms with Gasteiger partial charge in [-0.2, -0.15) is 0 Å². The van der Waals surface area contributed by atoms with E-state index in [0.29, 0.717) is 19.3 Å². The Kier molecular flexibility index (Phi) is 9.28. The second-order valence-electron chi connectivity index (χ2n) is 7.01. The molecule has 0 heterocycles. The first-order chi connectivity index (χ1) is 13.0. The lowest BCUT2D eigenvalue weighted by Gasteiger charge is -2.18. The molecule has 0 bridgehead atoms. The van der Waals surface area contributed by atoms with Crippen molar-refractivity contribution in [2.75, 3.05) is 0 Å². The highest BCUT2D eigenvalue weighted by Gasteiger charge is 2.31. The minimum atomic E-state index is -4.73. The molecular formula is C20H27F3O5.